The Bertz CT molecular complexity index is 539. The van der Waals surface area contributed by atoms with Gasteiger partial charge in [-0.2, -0.15) is 0 Å². The lowest BCUT2D eigenvalue weighted by Gasteiger charge is -2.23. The lowest BCUT2D eigenvalue weighted by atomic mass is 10.1. The van der Waals surface area contributed by atoms with Crippen LogP contribution in [-0.4, -0.2) is 47.4 Å². The average Bonchev–Trinajstić information content (AvgIpc) is 2.53. The molecule has 1 aromatic carbocycles. The molecule has 0 aromatic heterocycles. The molecule has 2 rings (SSSR count). The molecule has 0 saturated carbocycles. The van der Waals surface area contributed by atoms with Gasteiger partial charge in [-0.3, -0.25) is 0 Å². The first kappa shape index (κ1) is 17.2. The van der Waals surface area contributed by atoms with Crippen LogP contribution in [-0.2, 0) is 14.8 Å². The van der Waals surface area contributed by atoms with Crippen molar-refractivity contribution in [2.24, 2.45) is 0 Å². The number of benzene rings is 1. The fraction of sp³-hybridized carbons (Fsp3) is 0.600. The summed E-state index contributed by atoms with van der Waals surface area (Å²) in [6, 6.07) is 6.48. The van der Waals surface area contributed by atoms with E-state index in [0.29, 0.717) is 25.6 Å². The molecule has 1 aliphatic rings. The van der Waals surface area contributed by atoms with E-state index in [1.807, 2.05) is 6.92 Å². The smallest absolute Gasteiger partial charge is 0.240 e. The molecule has 0 amide bonds. The van der Waals surface area contributed by atoms with Gasteiger partial charge in [0.15, 0.2) is 0 Å². The van der Waals surface area contributed by atoms with Crippen LogP contribution >= 0.6 is 0 Å². The number of nitrogens with one attached hydrogen (secondary N) is 2. The van der Waals surface area contributed by atoms with Gasteiger partial charge in [0, 0.05) is 12.6 Å². The molecule has 0 atom stereocenters. The van der Waals surface area contributed by atoms with E-state index < -0.39 is 10.0 Å². The Hall–Kier alpha value is -1.15. The number of hydrogen-bond donors (Lipinski definition) is 2. The summed E-state index contributed by atoms with van der Waals surface area (Å²) in [5.41, 5.74) is 0. The van der Waals surface area contributed by atoms with Crippen molar-refractivity contribution in [3.05, 3.63) is 24.3 Å². The molecule has 0 radical (unpaired) electrons. The van der Waals surface area contributed by atoms with Crippen LogP contribution in [0, 0.1) is 0 Å². The fourth-order valence-corrected chi connectivity index (χ4v) is 3.61. The molecule has 0 unspecified atom stereocenters. The number of piperidine rings is 1. The molecule has 1 aromatic rings. The molecule has 1 saturated heterocycles. The third-order valence-electron chi connectivity index (χ3n) is 3.50. The minimum Gasteiger partial charge on any atom is -0.491 e. The highest BCUT2D eigenvalue weighted by atomic mass is 32.2. The molecule has 1 fully saturated rings. The Morgan fingerprint density at radius 2 is 1.86 bits per heavy atom. The van der Waals surface area contributed by atoms with E-state index in [2.05, 4.69) is 10.0 Å². The van der Waals surface area contributed by atoms with Crippen LogP contribution in [0.1, 0.15) is 19.8 Å². The second-order valence-electron chi connectivity index (χ2n) is 5.16. The van der Waals surface area contributed by atoms with Crippen LogP contribution in [0.4, 0.5) is 0 Å². The third-order valence-corrected chi connectivity index (χ3v) is 5.03. The van der Waals surface area contributed by atoms with Crippen molar-refractivity contribution in [1.29, 1.82) is 0 Å². The van der Waals surface area contributed by atoms with E-state index in [1.54, 1.807) is 24.3 Å². The maximum absolute atomic E-state index is 12.3. The molecule has 0 bridgehead atoms. The standard InChI is InChI=1S/C15H24N2O4S/c1-2-20-11-12-21-14-3-5-15(6-4-14)22(18,19)17-13-7-9-16-10-8-13/h3-6,13,16-17H,2,7-12H2,1H3. The molecule has 22 heavy (non-hydrogen) atoms. The maximum atomic E-state index is 12.3. The minimum atomic E-state index is -3.46. The molecular weight excluding hydrogens is 304 g/mol. The number of hydrogen-bond acceptors (Lipinski definition) is 5. The largest absolute Gasteiger partial charge is 0.491 e. The fourth-order valence-electron chi connectivity index (χ4n) is 2.31. The van der Waals surface area contributed by atoms with Crippen molar-refractivity contribution in [1.82, 2.24) is 10.0 Å². The van der Waals surface area contributed by atoms with Gasteiger partial charge in [-0.15, -0.1) is 0 Å². The summed E-state index contributed by atoms with van der Waals surface area (Å²) < 4.78 is 38.1. The summed E-state index contributed by atoms with van der Waals surface area (Å²) in [4.78, 5) is 0.267. The van der Waals surface area contributed by atoms with Gasteiger partial charge in [0.05, 0.1) is 11.5 Å². The Morgan fingerprint density at radius 3 is 2.50 bits per heavy atom. The summed E-state index contributed by atoms with van der Waals surface area (Å²) in [6.07, 6.45) is 1.63. The van der Waals surface area contributed by atoms with Crippen molar-refractivity contribution >= 4 is 10.0 Å². The topological polar surface area (TPSA) is 76.7 Å². The summed E-state index contributed by atoms with van der Waals surface area (Å²) in [5.74, 6) is 0.639. The van der Waals surface area contributed by atoms with E-state index in [-0.39, 0.29) is 10.9 Å². The molecule has 7 heteroatoms. The number of sulfonamides is 1. The second kappa shape index (κ2) is 8.47. The summed E-state index contributed by atoms with van der Waals surface area (Å²) >= 11 is 0. The quantitative estimate of drug-likeness (QED) is 0.700. The van der Waals surface area contributed by atoms with Crippen molar-refractivity contribution < 1.29 is 17.9 Å². The van der Waals surface area contributed by atoms with E-state index in [9.17, 15) is 8.42 Å². The zero-order valence-corrected chi connectivity index (χ0v) is 13.7. The first-order chi connectivity index (χ1) is 10.6. The SMILES string of the molecule is CCOCCOc1ccc(S(=O)(=O)NC2CCNCC2)cc1. The molecule has 2 N–H and O–H groups in total. The minimum absolute atomic E-state index is 0.00775. The van der Waals surface area contributed by atoms with E-state index in [1.165, 1.54) is 0 Å². The average molecular weight is 328 g/mol. The van der Waals surface area contributed by atoms with Crippen molar-refractivity contribution in [2.75, 3.05) is 32.9 Å². The Morgan fingerprint density at radius 1 is 1.18 bits per heavy atom. The normalized spacial score (nSPS) is 16.6. The number of rotatable bonds is 8. The predicted octanol–water partition coefficient (Wildman–Crippen LogP) is 1.13. The van der Waals surface area contributed by atoms with Gasteiger partial charge in [0.1, 0.15) is 12.4 Å². The highest BCUT2D eigenvalue weighted by Crippen LogP contribution is 2.17. The molecule has 124 valence electrons. The summed E-state index contributed by atoms with van der Waals surface area (Å²) in [6.45, 7) is 5.25. The molecule has 6 nitrogen and oxygen atoms in total. The molecule has 0 spiro atoms. The van der Waals surface area contributed by atoms with Crippen LogP contribution < -0.4 is 14.8 Å². The maximum Gasteiger partial charge on any atom is 0.240 e. The van der Waals surface area contributed by atoms with E-state index >= 15 is 0 Å². The zero-order chi connectivity index (χ0) is 15.8. The van der Waals surface area contributed by atoms with E-state index in [0.717, 1.165) is 25.9 Å². The van der Waals surface area contributed by atoms with Gasteiger partial charge in [-0.1, -0.05) is 0 Å². The van der Waals surface area contributed by atoms with Crippen LogP contribution in [0.25, 0.3) is 0 Å². The van der Waals surface area contributed by atoms with Crippen LogP contribution in [0.3, 0.4) is 0 Å². The lowest BCUT2D eigenvalue weighted by molar-refractivity contribution is 0.110. The second-order valence-corrected chi connectivity index (χ2v) is 6.88. The number of ether oxygens (including phenoxy) is 2. The van der Waals surface area contributed by atoms with Gasteiger partial charge < -0.3 is 14.8 Å². The predicted molar refractivity (Wildman–Crippen MR) is 84.6 cm³/mol. The van der Waals surface area contributed by atoms with E-state index in [4.69, 9.17) is 9.47 Å². The van der Waals surface area contributed by atoms with Gasteiger partial charge >= 0.3 is 0 Å². The van der Waals surface area contributed by atoms with Crippen LogP contribution in [0.15, 0.2) is 29.2 Å². The van der Waals surface area contributed by atoms with Crippen molar-refractivity contribution in [3.63, 3.8) is 0 Å². The molecule has 1 aliphatic heterocycles. The first-order valence-corrected chi connectivity index (χ1v) is 9.14. The lowest BCUT2D eigenvalue weighted by Crippen LogP contribution is -2.42. The molecule has 1 heterocycles. The monoisotopic (exact) mass is 328 g/mol. The highest BCUT2D eigenvalue weighted by molar-refractivity contribution is 7.89. The van der Waals surface area contributed by atoms with Crippen molar-refractivity contribution in [3.8, 4) is 5.75 Å². The first-order valence-electron chi connectivity index (χ1n) is 7.65. The Kier molecular flexibility index (Phi) is 6.63. The summed E-state index contributed by atoms with van der Waals surface area (Å²) in [7, 11) is -3.46. The van der Waals surface area contributed by atoms with Crippen LogP contribution in [0.2, 0.25) is 0 Å². The van der Waals surface area contributed by atoms with Crippen LogP contribution in [0.5, 0.6) is 5.75 Å². The molecule has 0 aliphatic carbocycles. The molecular formula is C15H24N2O4S. The van der Waals surface area contributed by atoms with Gasteiger partial charge in [-0.05, 0) is 57.1 Å². The Labute approximate surface area is 132 Å². The van der Waals surface area contributed by atoms with Gasteiger partial charge in [0.25, 0.3) is 0 Å². The summed E-state index contributed by atoms with van der Waals surface area (Å²) in [5, 5.41) is 3.21. The van der Waals surface area contributed by atoms with Crippen molar-refractivity contribution in [2.45, 2.75) is 30.7 Å². The Balaban J connectivity index is 1.90. The zero-order valence-electron chi connectivity index (χ0n) is 12.9. The third kappa shape index (κ3) is 5.24. The van der Waals surface area contributed by atoms with Gasteiger partial charge in [-0.25, -0.2) is 13.1 Å². The highest BCUT2D eigenvalue weighted by Gasteiger charge is 2.21. The van der Waals surface area contributed by atoms with Gasteiger partial charge in [0.2, 0.25) is 10.0 Å².